The first kappa shape index (κ1) is 38.1. The van der Waals surface area contributed by atoms with Gasteiger partial charge in [0.15, 0.2) is 5.13 Å². The van der Waals surface area contributed by atoms with Crippen LogP contribution in [0.4, 0.5) is 28.1 Å². The van der Waals surface area contributed by atoms with Crippen LogP contribution in [0.15, 0.2) is 48.7 Å². The molecule has 2 aromatic carbocycles. The largest absolute Gasteiger partial charge is 0.363 e. The number of piperidine rings is 2. The van der Waals surface area contributed by atoms with Gasteiger partial charge in [0.1, 0.15) is 28.4 Å². The van der Waals surface area contributed by atoms with E-state index in [4.69, 9.17) is 16.6 Å². The first-order valence-electron chi connectivity index (χ1n) is 19.8. The third kappa shape index (κ3) is 7.28. The second-order valence-electron chi connectivity index (χ2n) is 15.8. The first-order chi connectivity index (χ1) is 28.0. The van der Waals surface area contributed by atoms with E-state index in [1.54, 1.807) is 12.1 Å². The summed E-state index contributed by atoms with van der Waals surface area (Å²) in [5, 5.41) is 9.45. The molecule has 3 N–H and O–H groups in total. The third-order valence-electron chi connectivity index (χ3n) is 12.0. The fourth-order valence-electron chi connectivity index (χ4n) is 9.18. The van der Waals surface area contributed by atoms with Crippen LogP contribution in [-0.2, 0) is 9.59 Å². The van der Waals surface area contributed by atoms with Crippen molar-refractivity contribution in [2.45, 2.75) is 70.5 Å². The highest BCUT2D eigenvalue weighted by atomic mass is 35.5. The Morgan fingerprint density at radius 1 is 0.931 bits per heavy atom. The maximum atomic E-state index is 13.5. The molecule has 9 rings (SSSR count). The van der Waals surface area contributed by atoms with Crippen LogP contribution in [0.5, 0.6) is 0 Å². The quantitative estimate of drug-likeness (QED) is 0.190. The van der Waals surface area contributed by atoms with Crippen LogP contribution in [0.2, 0.25) is 5.02 Å². The minimum atomic E-state index is -0.976. The van der Waals surface area contributed by atoms with Gasteiger partial charge in [0.2, 0.25) is 11.8 Å². The number of carbonyl (C=O) groups is 5. The number of para-hydroxylation sites is 1. The van der Waals surface area contributed by atoms with Crippen LogP contribution in [0.1, 0.15) is 80.3 Å². The number of rotatable bonds is 9. The normalized spacial score (nSPS) is 22.4. The molecule has 58 heavy (non-hydrogen) atoms. The summed E-state index contributed by atoms with van der Waals surface area (Å²) >= 11 is 7.55. The fraction of sp³-hybridized carbons (Fsp3) is 0.415. The molecule has 4 aromatic rings. The predicted octanol–water partition coefficient (Wildman–Crippen LogP) is 5.17. The Hall–Kier alpha value is -5.45. The summed E-state index contributed by atoms with van der Waals surface area (Å²) in [4.78, 5) is 86.5. The molecule has 5 aliphatic heterocycles. The van der Waals surface area contributed by atoms with E-state index in [0.717, 1.165) is 80.4 Å². The van der Waals surface area contributed by atoms with Crippen LogP contribution in [0, 0.1) is 19.8 Å². The molecule has 0 radical (unpaired) electrons. The van der Waals surface area contributed by atoms with Crippen molar-refractivity contribution < 1.29 is 24.0 Å². The summed E-state index contributed by atoms with van der Waals surface area (Å²) in [6, 6.07) is 12.5. The number of imide groups is 2. The van der Waals surface area contributed by atoms with Crippen molar-refractivity contribution >= 4 is 80.6 Å². The fourth-order valence-corrected chi connectivity index (χ4v) is 10.2. The van der Waals surface area contributed by atoms with Gasteiger partial charge in [-0.2, -0.15) is 0 Å². The maximum Gasteiger partial charge on any atom is 0.267 e. The Bertz CT molecular complexity index is 2310. The third-order valence-corrected chi connectivity index (χ3v) is 13.2. The lowest BCUT2D eigenvalue weighted by atomic mass is 9.95. The van der Waals surface area contributed by atoms with Crippen molar-refractivity contribution in [3.63, 3.8) is 0 Å². The van der Waals surface area contributed by atoms with Crippen molar-refractivity contribution in [3.05, 3.63) is 81.1 Å². The lowest BCUT2D eigenvalue weighted by Crippen LogP contribution is -2.55. The van der Waals surface area contributed by atoms with Crippen LogP contribution < -0.4 is 25.8 Å². The average Bonchev–Trinajstić information content (AvgIpc) is 3.85. The van der Waals surface area contributed by atoms with Gasteiger partial charge < -0.3 is 20.4 Å². The number of nitrogens with one attached hydrogen (secondary N) is 3. The molecule has 3 unspecified atom stereocenters. The number of amides is 5. The molecule has 5 aliphatic rings. The van der Waals surface area contributed by atoms with E-state index in [0.29, 0.717) is 61.5 Å². The maximum absolute atomic E-state index is 13.5. The number of fused-ring (bicyclic) bond motifs is 3. The minimum absolute atomic E-state index is 0.0922. The number of carbonyl (C=O) groups excluding carboxylic acids is 5. The van der Waals surface area contributed by atoms with Gasteiger partial charge in [-0.1, -0.05) is 35.1 Å². The summed E-state index contributed by atoms with van der Waals surface area (Å²) in [5.74, 6) is 0.447. The Labute approximate surface area is 344 Å². The van der Waals surface area contributed by atoms with E-state index < -0.39 is 23.8 Å². The molecule has 2 aromatic heterocycles. The van der Waals surface area contributed by atoms with Crippen molar-refractivity contribution in [1.82, 2.24) is 30.1 Å². The van der Waals surface area contributed by atoms with Crippen LogP contribution >= 0.6 is 22.9 Å². The Morgan fingerprint density at radius 3 is 2.43 bits per heavy atom. The van der Waals surface area contributed by atoms with Crippen LogP contribution in [0.3, 0.4) is 0 Å². The molecule has 2 bridgehead atoms. The van der Waals surface area contributed by atoms with Crippen molar-refractivity contribution in [2.24, 2.45) is 5.92 Å². The van der Waals surface area contributed by atoms with Gasteiger partial charge in [-0.3, -0.25) is 39.1 Å². The van der Waals surface area contributed by atoms with E-state index in [-0.39, 0.29) is 24.7 Å². The lowest BCUT2D eigenvalue weighted by Gasteiger charge is -2.44. The number of aromatic nitrogens is 3. The number of hydrogen-bond donors (Lipinski definition) is 3. The number of piperazine rings is 1. The zero-order valence-corrected chi connectivity index (χ0v) is 33.7. The van der Waals surface area contributed by atoms with E-state index >= 15 is 0 Å². The molecule has 5 amide bonds. The second-order valence-corrected chi connectivity index (χ2v) is 17.3. The number of benzene rings is 2. The number of aryl methyl sites for hydroxylation is 2. The van der Waals surface area contributed by atoms with Gasteiger partial charge in [-0.15, -0.1) is 0 Å². The standard InChI is InChI=1S/C41H43ClN10O5S/c1-22-4-3-5-30(42)36(22)48-38(55)32-18-43-41(58-32)46-33-17-34(45-23(2)44-33)50-14-12-24(13-15-50)19-49-20-26-6-7-27(21-49)51(26)25-8-9-28-29(16-25)40(57)52(39(28)56)31-10-11-35(53)47-37(31)54/h3-5,8-9,16-18,24,26-27,31H,6-7,10-15,19-21H2,1-2H3,(H,48,55)(H,47,53,54)(H,43,44,45,46). The van der Waals surface area contributed by atoms with Crippen molar-refractivity contribution in [3.8, 4) is 0 Å². The molecule has 0 saturated carbocycles. The van der Waals surface area contributed by atoms with Crippen LogP contribution in [0.25, 0.3) is 0 Å². The number of anilines is 5. The molecule has 17 heteroatoms. The van der Waals surface area contributed by atoms with E-state index in [9.17, 15) is 24.0 Å². The summed E-state index contributed by atoms with van der Waals surface area (Å²) in [5.41, 5.74) is 3.02. The number of halogens is 1. The van der Waals surface area contributed by atoms with Gasteiger partial charge in [0.05, 0.1) is 28.0 Å². The number of likely N-dealkylation sites (tertiary alicyclic amines) is 1. The van der Waals surface area contributed by atoms with Crippen molar-refractivity contribution in [2.75, 3.05) is 53.2 Å². The molecule has 7 heterocycles. The molecular weight excluding hydrogens is 780 g/mol. The molecule has 4 fully saturated rings. The topological polar surface area (TPSA) is 173 Å². The Kier molecular flexibility index (Phi) is 10.1. The summed E-state index contributed by atoms with van der Waals surface area (Å²) in [6.45, 7) is 8.42. The zero-order valence-electron chi connectivity index (χ0n) is 32.2. The highest BCUT2D eigenvalue weighted by molar-refractivity contribution is 7.17. The van der Waals surface area contributed by atoms with Crippen LogP contribution in [-0.4, -0.2) is 105 Å². The van der Waals surface area contributed by atoms with E-state index in [2.05, 4.69) is 40.6 Å². The Balaban J connectivity index is 0.787. The first-order valence-corrected chi connectivity index (χ1v) is 20.9. The van der Waals surface area contributed by atoms with Gasteiger partial charge >= 0.3 is 0 Å². The summed E-state index contributed by atoms with van der Waals surface area (Å²) in [6.07, 6.45) is 5.98. The zero-order chi connectivity index (χ0) is 40.2. The molecule has 3 atom stereocenters. The second kappa shape index (κ2) is 15.4. The van der Waals surface area contributed by atoms with E-state index in [1.807, 2.05) is 44.2 Å². The number of thiazole rings is 1. The smallest absolute Gasteiger partial charge is 0.267 e. The highest BCUT2D eigenvalue weighted by Crippen LogP contribution is 2.39. The summed E-state index contributed by atoms with van der Waals surface area (Å²) < 4.78 is 0. The Morgan fingerprint density at radius 2 is 1.69 bits per heavy atom. The highest BCUT2D eigenvalue weighted by Gasteiger charge is 2.46. The number of nitrogens with zero attached hydrogens (tertiary/aromatic N) is 7. The number of hydrogen-bond acceptors (Lipinski definition) is 13. The van der Waals surface area contributed by atoms with E-state index in [1.165, 1.54) is 17.5 Å². The molecular formula is C41H43ClN10O5S. The average molecular weight is 823 g/mol. The van der Waals surface area contributed by atoms with Gasteiger partial charge in [-0.05, 0) is 81.7 Å². The minimum Gasteiger partial charge on any atom is -0.363 e. The van der Waals surface area contributed by atoms with Gasteiger partial charge in [-0.25, -0.2) is 15.0 Å². The lowest BCUT2D eigenvalue weighted by molar-refractivity contribution is -0.136. The molecule has 0 aliphatic carbocycles. The molecule has 4 saturated heterocycles. The summed E-state index contributed by atoms with van der Waals surface area (Å²) in [7, 11) is 0. The molecule has 0 spiro atoms. The SMILES string of the molecule is Cc1nc(Nc2ncc(C(=O)Nc3c(C)cccc3Cl)s2)cc(N2CCC(CN3CC4CCC(C3)N4c3ccc4c(c3)C(=O)N(C3CCC(=O)NC3=O)C4=O)CC2)n1. The predicted molar refractivity (Wildman–Crippen MR) is 220 cm³/mol. The van der Waals surface area contributed by atoms with Crippen molar-refractivity contribution in [1.29, 1.82) is 0 Å². The van der Waals surface area contributed by atoms with Gasteiger partial charge in [0, 0.05) is 63.0 Å². The monoisotopic (exact) mass is 822 g/mol. The van der Waals surface area contributed by atoms with Gasteiger partial charge in [0.25, 0.3) is 17.7 Å². The molecule has 300 valence electrons. The molecule has 15 nitrogen and oxygen atoms in total.